The molecule has 0 unspecified atom stereocenters. The molecule has 1 N–H and O–H groups in total. The van der Waals surface area contributed by atoms with Crippen LogP contribution < -0.4 is 0 Å². The van der Waals surface area contributed by atoms with Gasteiger partial charge in [-0.1, -0.05) is 48.9 Å². The fourth-order valence-electron chi connectivity index (χ4n) is 2.00. The van der Waals surface area contributed by atoms with Crippen LogP contribution >= 0.6 is 11.6 Å². The summed E-state index contributed by atoms with van der Waals surface area (Å²) in [6, 6.07) is 14.5. The quantitative estimate of drug-likeness (QED) is 0.898. The Kier molecular flexibility index (Phi) is 3.68. The zero-order valence-corrected chi connectivity index (χ0v) is 10.7. The predicted molar refractivity (Wildman–Crippen MR) is 72.4 cm³/mol. The van der Waals surface area contributed by atoms with E-state index in [0.29, 0.717) is 10.6 Å². The number of carboxylic acid groups (broad SMARTS) is 1. The van der Waals surface area contributed by atoms with Gasteiger partial charge in [0.05, 0.1) is 5.56 Å². The van der Waals surface area contributed by atoms with Crippen molar-refractivity contribution in [1.82, 2.24) is 0 Å². The third-order valence-electron chi connectivity index (χ3n) is 3.03. The monoisotopic (exact) mass is 260 g/mol. The number of benzene rings is 2. The van der Waals surface area contributed by atoms with Crippen LogP contribution in [0.3, 0.4) is 0 Å². The maximum absolute atomic E-state index is 11.2. The number of aromatic carboxylic acids is 1. The number of rotatable bonds is 3. The minimum absolute atomic E-state index is 0.0227. The summed E-state index contributed by atoms with van der Waals surface area (Å²) in [6.07, 6.45) is 0. The molecule has 92 valence electrons. The van der Waals surface area contributed by atoms with Crippen molar-refractivity contribution in [3.8, 4) is 0 Å². The lowest BCUT2D eigenvalue weighted by molar-refractivity contribution is 0.0695. The molecule has 2 aromatic carbocycles. The molecule has 0 amide bonds. The molecule has 3 heteroatoms. The van der Waals surface area contributed by atoms with Crippen molar-refractivity contribution >= 4 is 17.6 Å². The zero-order valence-electron chi connectivity index (χ0n) is 9.93. The van der Waals surface area contributed by atoms with Gasteiger partial charge in [0, 0.05) is 10.9 Å². The number of carbonyl (C=O) groups is 1. The van der Waals surface area contributed by atoms with Gasteiger partial charge in [0.15, 0.2) is 0 Å². The average molecular weight is 261 g/mol. The van der Waals surface area contributed by atoms with Gasteiger partial charge in [0.1, 0.15) is 0 Å². The van der Waals surface area contributed by atoms with Gasteiger partial charge in [-0.3, -0.25) is 0 Å². The molecular weight excluding hydrogens is 248 g/mol. The molecular formula is C15H13ClO2. The number of hydrogen-bond donors (Lipinski definition) is 1. The molecule has 2 rings (SSSR count). The van der Waals surface area contributed by atoms with Crippen LogP contribution in [-0.4, -0.2) is 11.1 Å². The lowest BCUT2D eigenvalue weighted by Crippen LogP contribution is -2.06. The van der Waals surface area contributed by atoms with E-state index < -0.39 is 5.97 Å². The van der Waals surface area contributed by atoms with E-state index in [1.165, 1.54) is 0 Å². The van der Waals surface area contributed by atoms with Gasteiger partial charge < -0.3 is 5.11 Å². The molecule has 0 spiro atoms. The topological polar surface area (TPSA) is 37.3 Å². The minimum atomic E-state index is -0.897. The predicted octanol–water partition coefficient (Wildman–Crippen LogP) is 4.19. The van der Waals surface area contributed by atoms with Crippen molar-refractivity contribution in [3.05, 3.63) is 70.2 Å². The fraction of sp³-hybridized carbons (Fsp3) is 0.133. The summed E-state index contributed by atoms with van der Waals surface area (Å²) in [4.78, 5) is 11.2. The largest absolute Gasteiger partial charge is 0.478 e. The van der Waals surface area contributed by atoms with E-state index in [-0.39, 0.29) is 5.92 Å². The first-order valence-electron chi connectivity index (χ1n) is 5.67. The van der Waals surface area contributed by atoms with Crippen LogP contribution in [0.2, 0.25) is 5.02 Å². The van der Waals surface area contributed by atoms with Gasteiger partial charge in [-0.2, -0.15) is 0 Å². The molecule has 0 aliphatic rings. The van der Waals surface area contributed by atoms with Crippen LogP contribution in [0, 0.1) is 0 Å². The van der Waals surface area contributed by atoms with Gasteiger partial charge in [-0.25, -0.2) is 4.79 Å². The zero-order chi connectivity index (χ0) is 13.1. The maximum Gasteiger partial charge on any atom is 0.335 e. The summed E-state index contributed by atoms with van der Waals surface area (Å²) in [7, 11) is 0. The molecule has 0 saturated heterocycles. The number of halogens is 1. The molecule has 1 atom stereocenters. The van der Waals surface area contributed by atoms with Crippen LogP contribution in [0.25, 0.3) is 0 Å². The van der Waals surface area contributed by atoms with Crippen LogP contribution in [0.1, 0.15) is 34.3 Å². The second kappa shape index (κ2) is 5.23. The second-order valence-electron chi connectivity index (χ2n) is 4.17. The van der Waals surface area contributed by atoms with Gasteiger partial charge >= 0.3 is 5.97 Å². The first-order chi connectivity index (χ1) is 8.59. The smallest absolute Gasteiger partial charge is 0.335 e. The normalized spacial score (nSPS) is 12.1. The van der Waals surface area contributed by atoms with Crippen LogP contribution in [0.4, 0.5) is 0 Å². The molecule has 0 heterocycles. The Morgan fingerprint density at radius 3 is 2.33 bits per heavy atom. The second-order valence-corrected chi connectivity index (χ2v) is 4.60. The lowest BCUT2D eigenvalue weighted by atomic mass is 9.90. The Labute approximate surface area is 111 Å². The van der Waals surface area contributed by atoms with Crippen molar-refractivity contribution in [3.63, 3.8) is 0 Å². The highest BCUT2D eigenvalue weighted by atomic mass is 35.5. The van der Waals surface area contributed by atoms with Crippen LogP contribution in [0.5, 0.6) is 0 Å². The minimum Gasteiger partial charge on any atom is -0.478 e. The Morgan fingerprint density at radius 1 is 1.11 bits per heavy atom. The Morgan fingerprint density at radius 2 is 1.72 bits per heavy atom. The first-order valence-corrected chi connectivity index (χ1v) is 6.05. The molecule has 2 aromatic rings. The summed E-state index contributed by atoms with van der Waals surface area (Å²) in [5.74, 6) is -0.874. The van der Waals surface area contributed by atoms with E-state index in [2.05, 4.69) is 0 Å². The summed E-state index contributed by atoms with van der Waals surface area (Å²) < 4.78 is 0. The average Bonchev–Trinajstić information content (AvgIpc) is 2.39. The fourth-order valence-corrected chi connectivity index (χ4v) is 2.13. The molecule has 0 bridgehead atoms. The van der Waals surface area contributed by atoms with Crippen LogP contribution in [-0.2, 0) is 0 Å². The van der Waals surface area contributed by atoms with Gasteiger partial charge in [0.25, 0.3) is 0 Å². The molecule has 18 heavy (non-hydrogen) atoms. The van der Waals surface area contributed by atoms with E-state index in [0.717, 1.165) is 11.1 Å². The van der Waals surface area contributed by atoms with E-state index in [1.807, 2.05) is 43.3 Å². The molecule has 0 aliphatic heterocycles. The standard InChI is InChI=1S/C15H13ClO2/c1-10(11-6-8-12(16)9-7-11)13-4-2-3-5-14(13)15(17)18/h2-10H,1H3,(H,17,18)/t10-/m0/s1. The highest BCUT2D eigenvalue weighted by molar-refractivity contribution is 6.30. The molecule has 2 nitrogen and oxygen atoms in total. The Hall–Kier alpha value is -1.80. The van der Waals surface area contributed by atoms with Crippen molar-refractivity contribution in [1.29, 1.82) is 0 Å². The maximum atomic E-state index is 11.2. The van der Waals surface area contributed by atoms with E-state index >= 15 is 0 Å². The molecule has 0 aliphatic carbocycles. The molecule has 0 saturated carbocycles. The molecule has 0 radical (unpaired) electrons. The van der Waals surface area contributed by atoms with Crippen molar-refractivity contribution < 1.29 is 9.90 Å². The number of carboxylic acids is 1. The summed E-state index contributed by atoms with van der Waals surface area (Å²) in [5.41, 5.74) is 2.21. The van der Waals surface area contributed by atoms with Gasteiger partial charge in [0.2, 0.25) is 0 Å². The van der Waals surface area contributed by atoms with E-state index in [9.17, 15) is 9.90 Å². The summed E-state index contributed by atoms with van der Waals surface area (Å²) in [5, 5.41) is 9.86. The lowest BCUT2D eigenvalue weighted by Gasteiger charge is -2.15. The molecule has 0 aromatic heterocycles. The summed E-state index contributed by atoms with van der Waals surface area (Å²) in [6.45, 7) is 1.99. The SMILES string of the molecule is C[C@@H](c1ccc(Cl)cc1)c1ccccc1C(=O)O. The highest BCUT2D eigenvalue weighted by Crippen LogP contribution is 2.27. The van der Waals surface area contributed by atoms with Crippen LogP contribution in [0.15, 0.2) is 48.5 Å². The Bertz CT molecular complexity index is 561. The van der Waals surface area contributed by atoms with Crippen molar-refractivity contribution in [2.24, 2.45) is 0 Å². The van der Waals surface area contributed by atoms with E-state index in [4.69, 9.17) is 11.6 Å². The molecule has 0 fully saturated rings. The highest BCUT2D eigenvalue weighted by Gasteiger charge is 2.16. The summed E-state index contributed by atoms with van der Waals surface area (Å²) >= 11 is 5.85. The first kappa shape index (κ1) is 12.7. The Balaban J connectivity index is 2.42. The van der Waals surface area contributed by atoms with Gasteiger partial charge in [-0.05, 0) is 29.3 Å². The van der Waals surface area contributed by atoms with Gasteiger partial charge in [-0.15, -0.1) is 0 Å². The number of hydrogen-bond acceptors (Lipinski definition) is 1. The third kappa shape index (κ3) is 2.54. The van der Waals surface area contributed by atoms with Crippen molar-refractivity contribution in [2.45, 2.75) is 12.8 Å². The third-order valence-corrected chi connectivity index (χ3v) is 3.28. The van der Waals surface area contributed by atoms with Crippen molar-refractivity contribution in [2.75, 3.05) is 0 Å². The van der Waals surface area contributed by atoms with E-state index in [1.54, 1.807) is 12.1 Å².